The van der Waals surface area contributed by atoms with E-state index in [1.165, 1.54) is 18.4 Å². The molecule has 6 nitrogen and oxygen atoms in total. The van der Waals surface area contributed by atoms with Crippen molar-refractivity contribution in [2.75, 3.05) is 6.54 Å². The van der Waals surface area contributed by atoms with Crippen LogP contribution in [0.15, 0.2) is 45.8 Å². The molecule has 130 valence electrons. The van der Waals surface area contributed by atoms with Crippen LogP contribution < -0.4 is 5.56 Å². The number of H-pyrrole nitrogens is 1. The molecule has 0 saturated carbocycles. The van der Waals surface area contributed by atoms with Gasteiger partial charge in [0.25, 0.3) is 5.56 Å². The first kappa shape index (κ1) is 16.2. The van der Waals surface area contributed by atoms with E-state index in [0.29, 0.717) is 43.2 Å². The van der Waals surface area contributed by atoms with E-state index in [0.717, 1.165) is 11.3 Å². The first-order valence-corrected chi connectivity index (χ1v) is 8.21. The van der Waals surface area contributed by atoms with Crippen molar-refractivity contribution in [3.05, 3.63) is 75.2 Å². The van der Waals surface area contributed by atoms with Crippen molar-refractivity contribution in [2.24, 2.45) is 0 Å². The van der Waals surface area contributed by atoms with Crippen LogP contribution in [0.4, 0.5) is 4.39 Å². The van der Waals surface area contributed by atoms with Gasteiger partial charge in [0.2, 0.25) is 0 Å². The largest absolute Gasteiger partial charge is 0.461 e. The fourth-order valence-corrected chi connectivity index (χ4v) is 3.15. The van der Waals surface area contributed by atoms with Crippen LogP contribution in [-0.2, 0) is 19.5 Å². The molecule has 0 amide bonds. The summed E-state index contributed by atoms with van der Waals surface area (Å²) in [4.78, 5) is 21.8. The van der Waals surface area contributed by atoms with Crippen LogP contribution in [0.25, 0.3) is 11.6 Å². The molecule has 3 aromatic rings. The van der Waals surface area contributed by atoms with E-state index in [9.17, 15) is 9.18 Å². The highest BCUT2D eigenvalue weighted by Crippen LogP contribution is 2.20. The molecule has 1 aromatic carbocycles. The molecule has 0 atom stereocenters. The third kappa shape index (κ3) is 3.03. The average Bonchev–Trinajstić information content (AvgIpc) is 3.17. The van der Waals surface area contributed by atoms with Gasteiger partial charge in [0.15, 0.2) is 11.6 Å². The first-order chi connectivity index (χ1) is 12.6. The number of benzene rings is 1. The lowest BCUT2D eigenvalue weighted by atomic mass is 10.1. The minimum absolute atomic E-state index is 0.0313. The molecule has 0 saturated heterocycles. The lowest BCUT2D eigenvalue weighted by molar-refractivity contribution is 0.241. The molecule has 0 spiro atoms. The highest BCUT2D eigenvalue weighted by atomic mass is 19.1. The molecule has 0 aliphatic carbocycles. The number of hydrogen-bond donors (Lipinski definition) is 1. The monoisotopic (exact) mass is 350 g/mol. The van der Waals surface area contributed by atoms with Crippen molar-refractivity contribution in [1.29, 1.82) is 5.26 Å². The van der Waals surface area contributed by atoms with Crippen molar-refractivity contribution >= 4 is 0 Å². The van der Waals surface area contributed by atoms with Crippen LogP contribution in [0.2, 0.25) is 0 Å². The molecule has 26 heavy (non-hydrogen) atoms. The highest BCUT2D eigenvalue weighted by molar-refractivity contribution is 5.47. The summed E-state index contributed by atoms with van der Waals surface area (Å²) < 4.78 is 19.1. The Morgan fingerprint density at radius 2 is 2.27 bits per heavy atom. The van der Waals surface area contributed by atoms with Gasteiger partial charge in [-0.25, -0.2) is 9.37 Å². The van der Waals surface area contributed by atoms with Crippen molar-refractivity contribution in [1.82, 2.24) is 14.9 Å². The smallest absolute Gasteiger partial charge is 0.256 e. The van der Waals surface area contributed by atoms with E-state index in [2.05, 4.69) is 14.9 Å². The Hall–Kier alpha value is -3.24. The number of halogens is 1. The second kappa shape index (κ2) is 6.58. The summed E-state index contributed by atoms with van der Waals surface area (Å²) in [6.45, 7) is 1.65. The molecular formula is C19H15FN4O2. The molecule has 4 rings (SSSR count). The molecule has 0 radical (unpaired) electrons. The summed E-state index contributed by atoms with van der Waals surface area (Å²) in [5.41, 5.74) is 2.01. The van der Waals surface area contributed by atoms with Gasteiger partial charge >= 0.3 is 0 Å². The van der Waals surface area contributed by atoms with Crippen LogP contribution >= 0.6 is 0 Å². The fraction of sp³-hybridized carbons (Fsp3) is 0.211. The third-order valence-corrected chi connectivity index (χ3v) is 4.46. The first-order valence-electron chi connectivity index (χ1n) is 8.21. The molecule has 1 N–H and O–H groups in total. The van der Waals surface area contributed by atoms with E-state index in [1.54, 1.807) is 18.2 Å². The van der Waals surface area contributed by atoms with Gasteiger partial charge in [0, 0.05) is 26.1 Å². The topological polar surface area (TPSA) is 85.9 Å². The normalized spacial score (nSPS) is 14.0. The van der Waals surface area contributed by atoms with E-state index in [-0.39, 0.29) is 11.1 Å². The van der Waals surface area contributed by atoms with Gasteiger partial charge in [-0.2, -0.15) is 5.26 Å². The number of aromatic amines is 1. The number of nitrogens with one attached hydrogen (secondary N) is 1. The number of hydrogen-bond acceptors (Lipinski definition) is 5. The van der Waals surface area contributed by atoms with Crippen LogP contribution in [0, 0.1) is 17.1 Å². The molecule has 0 bridgehead atoms. The van der Waals surface area contributed by atoms with E-state index < -0.39 is 5.82 Å². The molecular weight excluding hydrogens is 335 g/mol. The van der Waals surface area contributed by atoms with Crippen molar-refractivity contribution in [3.63, 3.8) is 0 Å². The Kier molecular flexibility index (Phi) is 4.11. The van der Waals surface area contributed by atoms with Gasteiger partial charge in [0.05, 0.1) is 23.1 Å². The van der Waals surface area contributed by atoms with Gasteiger partial charge in [-0.1, -0.05) is 6.07 Å². The maximum Gasteiger partial charge on any atom is 0.256 e. The summed E-state index contributed by atoms with van der Waals surface area (Å²) >= 11 is 0. The molecule has 1 aliphatic rings. The third-order valence-electron chi connectivity index (χ3n) is 4.46. The van der Waals surface area contributed by atoms with E-state index >= 15 is 0 Å². The van der Waals surface area contributed by atoms with Crippen LogP contribution in [0.5, 0.6) is 0 Å². The molecule has 1 aliphatic heterocycles. The zero-order chi connectivity index (χ0) is 18.1. The summed E-state index contributed by atoms with van der Waals surface area (Å²) in [7, 11) is 0. The summed E-state index contributed by atoms with van der Waals surface area (Å²) in [5.74, 6) is 0.437. The standard InChI is InChI=1S/C19H15FN4O2/c20-15-8-12(3-4-13(15)9-21)10-24-6-5-16-14(11-24)19(25)23-18(22-16)17-2-1-7-26-17/h1-4,7-8H,5-6,10-11H2,(H,22,23,25). The predicted molar refractivity (Wildman–Crippen MR) is 91.5 cm³/mol. The fourth-order valence-electron chi connectivity index (χ4n) is 3.15. The molecule has 3 heterocycles. The Balaban J connectivity index is 1.56. The van der Waals surface area contributed by atoms with Gasteiger partial charge in [-0.05, 0) is 29.8 Å². The SMILES string of the molecule is N#Cc1ccc(CN2CCc3nc(-c4ccco4)[nH]c(=O)c3C2)cc1F. The quantitative estimate of drug-likeness (QED) is 0.785. The number of aromatic nitrogens is 2. The van der Waals surface area contributed by atoms with E-state index in [1.807, 2.05) is 6.07 Å². The number of furan rings is 1. The number of nitrogens with zero attached hydrogens (tertiary/aromatic N) is 3. The van der Waals surface area contributed by atoms with Gasteiger partial charge < -0.3 is 9.40 Å². The number of fused-ring (bicyclic) bond motifs is 1. The van der Waals surface area contributed by atoms with Crippen molar-refractivity contribution in [2.45, 2.75) is 19.5 Å². The van der Waals surface area contributed by atoms with Crippen molar-refractivity contribution < 1.29 is 8.81 Å². The maximum absolute atomic E-state index is 13.8. The van der Waals surface area contributed by atoms with Gasteiger partial charge in [-0.3, -0.25) is 9.69 Å². The van der Waals surface area contributed by atoms with Crippen LogP contribution in [-0.4, -0.2) is 21.4 Å². The second-order valence-electron chi connectivity index (χ2n) is 6.20. The van der Waals surface area contributed by atoms with Gasteiger partial charge in [-0.15, -0.1) is 0 Å². The van der Waals surface area contributed by atoms with E-state index in [4.69, 9.17) is 9.68 Å². The summed E-state index contributed by atoms with van der Waals surface area (Å²) in [5, 5.41) is 8.81. The van der Waals surface area contributed by atoms with Crippen molar-refractivity contribution in [3.8, 4) is 17.7 Å². The van der Waals surface area contributed by atoms with Crippen LogP contribution in [0.3, 0.4) is 0 Å². The molecule has 0 fully saturated rings. The maximum atomic E-state index is 13.8. The Bertz CT molecular complexity index is 1050. The Labute approximate surface area is 148 Å². The number of rotatable bonds is 3. The molecule has 2 aromatic heterocycles. The lowest BCUT2D eigenvalue weighted by Crippen LogP contribution is -2.35. The minimum Gasteiger partial charge on any atom is -0.461 e. The minimum atomic E-state index is -0.523. The highest BCUT2D eigenvalue weighted by Gasteiger charge is 2.22. The van der Waals surface area contributed by atoms with Crippen LogP contribution in [0.1, 0.15) is 22.4 Å². The zero-order valence-electron chi connectivity index (χ0n) is 13.8. The lowest BCUT2D eigenvalue weighted by Gasteiger charge is -2.27. The summed E-state index contributed by atoms with van der Waals surface area (Å²) in [6, 6.07) is 9.89. The Morgan fingerprint density at radius 3 is 3.00 bits per heavy atom. The average molecular weight is 350 g/mol. The molecule has 0 unspecified atom stereocenters. The zero-order valence-corrected chi connectivity index (χ0v) is 13.8. The second-order valence-corrected chi connectivity index (χ2v) is 6.20. The van der Waals surface area contributed by atoms with Gasteiger partial charge in [0.1, 0.15) is 11.9 Å². The summed E-state index contributed by atoms with van der Waals surface area (Å²) in [6.07, 6.45) is 2.17. The molecule has 7 heteroatoms. The number of nitriles is 1. The Morgan fingerprint density at radius 1 is 1.38 bits per heavy atom. The predicted octanol–water partition coefficient (Wildman–Crippen LogP) is 2.60.